The van der Waals surface area contributed by atoms with Crippen molar-refractivity contribution in [3.63, 3.8) is 0 Å². The molecule has 4 rings (SSSR count). The number of thiophene rings is 1. The summed E-state index contributed by atoms with van der Waals surface area (Å²) in [5.74, 6) is 0.821. The highest BCUT2D eigenvalue weighted by Crippen LogP contribution is 2.33. The van der Waals surface area contributed by atoms with Gasteiger partial charge in [-0.1, -0.05) is 12.1 Å². The van der Waals surface area contributed by atoms with Crippen LogP contribution in [0, 0.1) is 0 Å². The Morgan fingerprint density at radius 1 is 1.22 bits per heavy atom. The maximum atomic E-state index is 12.9. The molecule has 0 aliphatic heterocycles. The Labute approximate surface area is 138 Å². The topological polar surface area (TPSA) is 44.1 Å². The summed E-state index contributed by atoms with van der Waals surface area (Å²) in [5.41, 5.74) is 2.40. The van der Waals surface area contributed by atoms with E-state index in [1.165, 1.54) is 23.3 Å². The lowest BCUT2D eigenvalue weighted by Gasteiger charge is -2.10. The van der Waals surface area contributed by atoms with E-state index in [0.29, 0.717) is 6.54 Å². The maximum absolute atomic E-state index is 12.9. The molecule has 0 saturated heterocycles. The fourth-order valence-electron chi connectivity index (χ4n) is 3.22. The zero-order valence-electron chi connectivity index (χ0n) is 13.0. The molecule has 2 aromatic heterocycles. The van der Waals surface area contributed by atoms with Gasteiger partial charge in [-0.25, -0.2) is 4.98 Å². The van der Waals surface area contributed by atoms with Gasteiger partial charge in [-0.2, -0.15) is 0 Å². The van der Waals surface area contributed by atoms with Crippen molar-refractivity contribution in [3.05, 3.63) is 57.0 Å². The first-order chi connectivity index (χ1) is 11.3. The highest BCUT2D eigenvalue weighted by molar-refractivity contribution is 7.18. The van der Waals surface area contributed by atoms with Crippen molar-refractivity contribution in [2.75, 3.05) is 7.11 Å². The molecule has 0 saturated carbocycles. The zero-order chi connectivity index (χ0) is 15.8. The van der Waals surface area contributed by atoms with E-state index in [-0.39, 0.29) is 5.56 Å². The molecule has 0 atom stereocenters. The van der Waals surface area contributed by atoms with E-state index in [1.807, 2.05) is 24.3 Å². The van der Waals surface area contributed by atoms with Gasteiger partial charge in [-0.3, -0.25) is 9.36 Å². The van der Waals surface area contributed by atoms with Crippen LogP contribution in [-0.4, -0.2) is 16.7 Å². The van der Waals surface area contributed by atoms with Gasteiger partial charge in [0.2, 0.25) is 0 Å². The van der Waals surface area contributed by atoms with Gasteiger partial charge < -0.3 is 4.74 Å². The molecule has 3 aromatic rings. The molecule has 1 aliphatic carbocycles. The highest BCUT2D eigenvalue weighted by Gasteiger charge is 2.19. The summed E-state index contributed by atoms with van der Waals surface area (Å²) < 4.78 is 6.89. The molecule has 1 aliphatic rings. The van der Waals surface area contributed by atoms with Crippen molar-refractivity contribution in [1.29, 1.82) is 0 Å². The van der Waals surface area contributed by atoms with Crippen LogP contribution in [0.25, 0.3) is 10.2 Å². The molecule has 0 unspecified atom stereocenters. The van der Waals surface area contributed by atoms with Crippen LogP contribution in [0.2, 0.25) is 0 Å². The molecule has 118 valence electrons. The van der Waals surface area contributed by atoms with Crippen molar-refractivity contribution in [2.45, 2.75) is 32.2 Å². The van der Waals surface area contributed by atoms with Crippen molar-refractivity contribution in [3.8, 4) is 5.75 Å². The van der Waals surface area contributed by atoms with Crippen LogP contribution < -0.4 is 10.3 Å². The van der Waals surface area contributed by atoms with Gasteiger partial charge in [0.05, 0.1) is 25.4 Å². The van der Waals surface area contributed by atoms with E-state index in [4.69, 9.17) is 4.74 Å². The third-order valence-electron chi connectivity index (χ3n) is 4.45. The predicted octanol–water partition coefficient (Wildman–Crippen LogP) is 3.39. The van der Waals surface area contributed by atoms with Crippen LogP contribution in [0.3, 0.4) is 0 Å². The second-order valence-electron chi connectivity index (χ2n) is 5.92. The van der Waals surface area contributed by atoms with E-state index in [1.54, 1.807) is 29.3 Å². The monoisotopic (exact) mass is 326 g/mol. The summed E-state index contributed by atoms with van der Waals surface area (Å²) in [5, 5.41) is 0.848. The quantitative estimate of drug-likeness (QED) is 0.741. The molecular weight excluding hydrogens is 308 g/mol. The Balaban J connectivity index is 1.75. The molecule has 1 aromatic carbocycles. The van der Waals surface area contributed by atoms with Crippen LogP contribution in [0.4, 0.5) is 0 Å². The second kappa shape index (κ2) is 5.81. The first kappa shape index (κ1) is 14.5. The number of ether oxygens (including phenoxy) is 1. The molecule has 4 nitrogen and oxygen atoms in total. The van der Waals surface area contributed by atoms with Gasteiger partial charge >= 0.3 is 0 Å². The third kappa shape index (κ3) is 2.55. The zero-order valence-corrected chi connectivity index (χ0v) is 13.9. The normalized spacial score (nSPS) is 14.0. The van der Waals surface area contributed by atoms with Crippen LogP contribution in [0.1, 0.15) is 28.8 Å². The number of aromatic nitrogens is 2. The van der Waals surface area contributed by atoms with Crippen molar-refractivity contribution in [1.82, 2.24) is 9.55 Å². The van der Waals surface area contributed by atoms with E-state index in [0.717, 1.165) is 34.4 Å². The van der Waals surface area contributed by atoms with E-state index in [2.05, 4.69) is 4.98 Å². The summed E-state index contributed by atoms with van der Waals surface area (Å²) in [6.07, 6.45) is 6.18. The number of hydrogen-bond acceptors (Lipinski definition) is 4. The smallest absolute Gasteiger partial charge is 0.262 e. The minimum Gasteiger partial charge on any atom is -0.497 e. The van der Waals surface area contributed by atoms with Crippen LogP contribution >= 0.6 is 11.3 Å². The van der Waals surface area contributed by atoms with E-state index < -0.39 is 0 Å². The number of fused-ring (bicyclic) bond motifs is 3. The molecule has 0 fully saturated rings. The fraction of sp³-hybridized carbons (Fsp3) is 0.333. The maximum Gasteiger partial charge on any atom is 0.262 e. The van der Waals surface area contributed by atoms with Crippen LogP contribution in [0.15, 0.2) is 35.4 Å². The Kier molecular flexibility index (Phi) is 3.65. The van der Waals surface area contributed by atoms with Gasteiger partial charge in [-0.15, -0.1) is 11.3 Å². The SMILES string of the molecule is COc1ccc(Cn2cnc3sc4c(c3c2=O)CCCC4)cc1. The minimum atomic E-state index is 0.0882. The number of nitrogens with zero attached hydrogens (tertiary/aromatic N) is 2. The Morgan fingerprint density at radius 3 is 2.78 bits per heavy atom. The Morgan fingerprint density at radius 2 is 2.00 bits per heavy atom. The summed E-state index contributed by atoms with van der Waals surface area (Å²) >= 11 is 1.69. The van der Waals surface area contributed by atoms with Crippen molar-refractivity contribution in [2.24, 2.45) is 0 Å². The van der Waals surface area contributed by atoms with Gasteiger partial charge in [0.1, 0.15) is 10.6 Å². The lowest BCUT2D eigenvalue weighted by Crippen LogP contribution is -2.21. The predicted molar refractivity (Wildman–Crippen MR) is 92.6 cm³/mol. The summed E-state index contributed by atoms with van der Waals surface area (Å²) in [7, 11) is 1.65. The number of rotatable bonds is 3. The lowest BCUT2D eigenvalue weighted by molar-refractivity contribution is 0.414. The van der Waals surface area contributed by atoms with E-state index in [9.17, 15) is 4.79 Å². The summed E-state index contributed by atoms with van der Waals surface area (Å²) in [4.78, 5) is 19.7. The Bertz CT molecular complexity index is 909. The molecule has 0 spiro atoms. The van der Waals surface area contributed by atoms with Crippen molar-refractivity contribution < 1.29 is 4.74 Å². The van der Waals surface area contributed by atoms with Crippen LogP contribution in [0.5, 0.6) is 5.75 Å². The number of aryl methyl sites for hydroxylation is 2. The minimum absolute atomic E-state index is 0.0882. The van der Waals surface area contributed by atoms with Gasteiger partial charge in [0, 0.05) is 4.88 Å². The standard InChI is InChI=1S/C18H18N2O2S/c1-22-13-8-6-12(7-9-13)10-20-11-19-17-16(18(20)21)14-4-2-3-5-15(14)23-17/h6-9,11H,2-5,10H2,1H3. The second-order valence-corrected chi connectivity index (χ2v) is 7.00. The number of benzene rings is 1. The summed E-state index contributed by atoms with van der Waals surface area (Å²) in [6.45, 7) is 0.538. The molecular formula is C18H18N2O2S. The molecule has 23 heavy (non-hydrogen) atoms. The third-order valence-corrected chi connectivity index (χ3v) is 5.65. The van der Waals surface area contributed by atoms with Gasteiger partial charge in [0.25, 0.3) is 5.56 Å². The molecule has 2 heterocycles. The Hall–Kier alpha value is -2.14. The fourth-order valence-corrected chi connectivity index (χ4v) is 4.44. The first-order valence-corrected chi connectivity index (χ1v) is 8.70. The number of methoxy groups -OCH3 is 1. The van der Waals surface area contributed by atoms with Gasteiger partial charge in [-0.05, 0) is 48.9 Å². The average molecular weight is 326 g/mol. The van der Waals surface area contributed by atoms with Crippen LogP contribution in [-0.2, 0) is 19.4 Å². The summed E-state index contributed by atoms with van der Waals surface area (Å²) in [6, 6.07) is 7.80. The molecule has 0 N–H and O–H groups in total. The van der Waals surface area contributed by atoms with Gasteiger partial charge in [0.15, 0.2) is 0 Å². The average Bonchev–Trinajstić information content (AvgIpc) is 2.97. The lowest BCUT2D eigenvalue weighted by atomic mass is 9.97. The van der Waals surface area contributed by atoms with E-state index >= 15 is 0 Å². The number of hydrogen-bond donors (Lipinski definition) is 0. The molecule has 0 amide bonds. The highest BCUT2D eigenvalue weighted by atomic mass is 32.1. The van der Waals surface area contributed by atoms with Crippen molar-refractivity contribution >= 4 is 21.6 Å². The molecule has 0 bridgehead atoms. The molecule has 0 radical (unpaired) electrons. The first-order valence-electron chi connectivity index (χ1n) is 7.89. The molecule has 5 heteroatoms. The largest absolute Gasteiger partial charge is 0.497 e.